The number of hydrogen-bond donors (Lipinski definition) is 1. The highest BCUT2D eigenvalue weighted by molar-refractivity contribution is 4.93. The molecule has 0 unspecified atom stereocenters. The van der Waals surface area contributed by atoms with Gasteiger partial charge < -0.3 is 10.1 Å². The topological polar surface area (TPSA) is 47.0 Å². The van der Waals surface area contributed by atoms with Crippen LogP contribution >= 0.6 is 0 Å². The lowest BCUT2D eigenvalue weighted by Gasteiger charge is -2.21. The Balaban J connectivity index is 1.76. The van der Waals surface area contributed by atoms with Crippen molar-refractivity contribution in [1.29, 1.82) is 0 Å². The number of aromatic nitrogens is 2. The van der Waals surface area contributed by atoms with Crippen molar-refractivity contribution >= 4 is 0 Å². The fraction of sp³-hybridized carbons (Fsp3) is 0.600. The van der Waals surface area contributed by atoms with Gasteiger partial charge in [-0.3, -0.25) is 0 Å². The first-order valence-corrected chi connectivity index (χ1v) is 5.05. The minimum Gasteiger partial charge on any atom is -0.463 e. The SMILES string of the molecule is c1cnc(OC[C@H]2CCCNC2)nc1. The number of ether oxygens (including phenoxy) is 1. The molecule has 1 aliphatic heterocycles. The number of rotatable bonds is 3. The van der Waals surface area contributed by atoms with Crippen molar-refractivity contribution in [3.8, 4) is 6.01 Å². The van der Waals surface area contributed by atoms with Crippen LogP contribution in [0.2, 0.25) is 0 Å². The molecule has 0 aliphatic carbocycles. The van der Waals surface area contributed by atoms with Crippen molar-refractivity contribution in [1.82, 2.24) is 15.3 Å². The summed E-state index contributed by atoms with van der Waals surface area (Å²) in [5.41, 5.74) is 0. The Kier molecular flexibility index (Phi) is 3.29. The third kappa shape index (κ3) is 2.67. The highest BCUT2D eigenvalue weighted by Crippen LogP contribution is 2.10. The second-order valence-electron chi connectivity index (χ2n) is 3.55. The summed E-state index contributed by atoms with van der Waals surface area (Å²) >= 11 is 0. The monoisotopic (exact) mass is 193 g/mol. The summed E-state index contributed by atoms with van der Waals surface area (Å²) < 4.78 is 5.48. The molecule has 0 saturated carbocycles. The summed E-state index contributed by atoms with van der Waals surface area (Å²) in [5.74, 6) is 0.604. The van der Waals surface area contributed by atoms with Crippen molar-refractivity contribution in [2.75, 3.05) is 19.7 Å². The number of nitrogens with one attached hydrogen (secondary N) is 1. The van der Waals surface area contributed by atoms with E-state index in [0.29, 0.717) is 11.9 Å². The van der Waals surface area contributed by atoms with Gasteiger partial charge in [0, 0.05) is 24.9 Å². The average molecular weight is 193 g/mol. The fourth-order valence-electron chi connectivity index (χ4n) is 1.62. The van der Waals surface area contributed by atoms with Gasteiger partial charge in [-0.2, -0.15) is 0 Å². The Labute approximate surface area is 83.7 Å². The van der Waals surface area contributed by atoms with Crippen LogP contribution in [0.25, 0.3) is 0 Å². The molecule has 1 aromatic rings. The summed E-state index contributed by atoms with van der Waals surface area (Å²) in [5, 5.41) is 3.35. The molecule has 1 fully saturated rings. The fourth-order valence-corrected chi connectivity index (χ4v) is 1.62. The molecule has 14 heavy (non-hydrogen) atoms. The zero-order valence-corrected chi connectivity index (χ0v) is 8.15. The first-order chi connectivity index (χ1) is 6.95. The Morgan fingerprint density at radius 1 is 1.43 bits per heavy atom. The van der Waals surface area contributed by atoms with E-state index in [2.05, 4.69) is 15.3 Å². The Morgan fingerprint density at radius 2 is 2.29 bits per heavy atom. The predicted octanol–water partition coefficient (Wildman–Crippen LogP) is 0.855. The van der Waals surface area contributed by atoms with Gasteiger partial charge in [-0.1, -0.05) is 0 Å². The van der Waals surface area contributed by atoms with Crippen molar-refractivity contribution in [3.05, 3.63) is 18.5 Å². The van der Waals surface area contributed by atoms with Crippen LogP contribution in [0, 0.1) is 5.92 Å². The minimum absolute atomic E-state index is 0.484. The molecular weight excluding hydrogens is 178 g/mol. The molecule has 1 atom stereocenters. The lowest BCUT2D eigenvalue weighted by atomic mass is 10.0. The van der Waals surface area contributed by atoms with Gasteiger partial charge >= 0.3 is 6.01 Å². The summed E-state index contributed by atoms with van der Waals surface area (Å²) in [6.07, 6.45) is 5.87. The first kappa shape index (κ1) is 9.40. The van der Waals surface area contributed by atoms with Crippen LogP contribution < -0.4 is 10.1 Å². The maximum Gasteiger partial charge on any atom is 0.316 e. The van der Waals surface area contributed by atoms with Crippen LogP contribution in [0.1, 0.15) is 12.8 Å². The van der Waals surface area contributed by atoms with Gasteiger partial charge in [0.25, 0.3) is 0 Å². The molecule has 0 spiro atoms. The molecule has 4 nitrogen and oxygen atoms in total. The third-order valence-corrected chi connectivity index (χ3v) is 2.39. The van der Waals surface area contributed by atoms with Gasteiger partial charge in [0.15, 0.2) is 0 Å². The molecule has 0 radical (unpaired) electrons. The summed E-state index contributed by atoms with van der Waals surface area (Å²) in [7, 11) is 0. The minimum atomic E-state index is 0.484. The van der Waals surface area contributed by atoms with Crippen molar-refractivity contribution in [2.45, 2.75) is 12.8 Å². The number of nitrogens with zero attached hydrogens (tertiary/aromatic N) is 2. The van der Waals surface area contributed by atoms with Crippen LogP contribution in [0.4, 0.5) is 0 Å². The first-order valence-electron chi connectivity index (χ1n) is 5.05. The van der Waals surface area contributed by atoms with Crippen LogP contribution in [0.3, 0.4) is 0 Å². The Bertz CT molecular complexity index is 259. The van der Waals surface area contributed by atoms with Gasteiger partial charge in [-0.15, -0.1) is 0 Å². The molecule has 1 aromatic heterocycles. The quantitative estimate of drug-likeness (QED) is 0.773. The highest BCUT2D eigenvalue weighted by atomic mass is 16.5. The Hall–Kier alpha value is -1.16. The molecule has 2 heterocycles. The zero-order valence-electron chi connectivity index (χ0n) is 8.15. The summed E-state index contributed by atoms with van der Waals surface area (Å²) in [6.45, 7) is 2.90. The van der Waals surface area contributed by atoms with Gasteiger partial charge in [-0.05, 0) is 25.5 Å². The zero-order chi connectivity index (χ0) is 9.64. The van der Waals surface area contributed by atoms with Crippen LogP contribution in [0.15, 0.2) is 18.5 Å². The molecule has 2 rings (SSSR count). The smallest absolute Gasteiger partial charge is 0.316 e. The van der Waals surface area contributed by atoms with Crippen molar-refractivity contribution in [3.63, 3.8) is 0 Å². The van der Waals surface area contributed by atoms with E-state index in [9.17, 15) is 0 Å². The molecule has 0 amide bonds. The lowest BCUT2D eigenvalue weighted by Crippen LogP contribution is -2.33. The van der Waals surface area contributed by atoms with E-state index in [-0.39, 0.29) is 0 Å². The normalized spacial score (nSPS) is 21.9. The van der Waals surface area contributed by atoms with E-state index in [0.717, 1.165) is 19.7 Å². The van der Waals surface area contributed by atoms with E-state index in [4.69, 9.17) is 4.74 Å². The lowest BCUT2D eigenvalue weighted by molar-refractivity contribution is 0.205. The molecule has 0 aromatic carbocycles. The molecule has 4 heteroatoms. The van der Waals surface area contributed by atoms with Gasteiger partial charge in [0.1, 0.15) is 0 Å². The third-order valence-electron chi connectivity index (χ3n) is 2.39. The van der Waals surface area contributed by atoms with Crippen molar-refractivity contribution in [2.24, 2.45) is 5.92 Å². The standard InChI is InChI=1S/C10H15N3O/c1-3-9(7-11-4-1)8-14-10-12-5-2-6-13-10/h2,5-6,9,11H,1,3-4,7-8H2/t9-/m0/s1. The number of piperidine rings is 1. The molecule has 1 N–H and O–H groups in total. The van der Waals surface area contributed by atoms with E-state index in [1.165, 1.54) is 12.8 Å². The summed E-state index contributed by atoms with van der Waals surface area (Å²) in [4.78, 5) is 8.02. The van der Waals surface area contributed by atoms with Gasteiger partial charge in [0.05, 0.1) is 6.61 Å². The van der Waals surface area contributed by atoms with Gasteiger partial charge in [-0.25, -0.2) is 9.97 Å². The van der Waals surface area contributed by atoms with E-state index < -0.39 is 0 Å². The molecule has 1 aliphatic rings. The number of hydrogen-bond acceptors (Lipinski definition) is 4. The van der Waals surface area contributed by atoms with Crippen LogP contribution in [0.5, 0.6) is 6.01 Å². The summed E-state index contributed by atoms with van der Waals surface area (Å²) in [6, 6.07) is 2.27. The molecular formula is C10H15N3O. The van der Waals surface area contributed by atoms with Crippen LogP contribution in [-0.2, 0) is 0 Å². The van der Waals surface area contributed by atoms with Gasteiger partial charge in [0.2, 0.25) is 0 Å². The van der Waals surface area contributed by atoms with E-state index in [1.54, 1.807) is 18.5 Å². The average Bonchev–Trinajstić information content (AvgIpc) is 2.29. The second-order valence-corrected chi connectivity index (χ2v) is 3.55. The van der Waals surface area contributed by atoms with Crippen LogP contribution in [-0.4, -0.2) is 29.7 Å². The maximum atomic E-state index is 5.48. The Morgan fingerprint density at radius 3 is 3.00 bits per heavy atom. The largest absolute Gasteiger partial charge is 0.463 e. The second kappa shape index (κ2) is 4.91. The van der Waals surface area contributed by atoms with E-state index >= 15 is 0 Å². The molecule has 1 saturated heterocycles. The molecule has 0 bridgehead atoms. The predicted molar refractivity (Wildman–Crippen MR) is 53.1 cm³/mol. The maximum absolute atomic E-state index is 5.48. The molecule has 76 valence electrons. The van der Waals surface area contributed by atoms with Crippen molar-refractivity contribution < 1.29 is 4.74 Å². The highest BCUT2D eigenvalue weighted by Gasteiger charge is 2.13. The van der Waals surface area contributed by atoms with E-state index in [1.807, 2.05) is 0 Å².